The topological polar surface area (TPSA) is 93.6 Å². The first-order valence-electron chi connectivity index (χ1n) is 5.54. The zero-order valence-corrected chi connectivity index (χ0v) is 12.9. The van der Waals surface area contributed by atoms with Crippen molar-refractivity contribution >= 4 is 43.5 Å². The highest BCUT2D eigenvalue weighted by molar-refractivity contribution is 7.89. The normalized spacial score (nSPS) is 12.5. The third-order valence-electron chi connectivity index (χ3n) is 2.77. The summed E-state index contributed by atoms with van der Waals surface area (Å²) in [6.45, 7) is 0.197. The van der Waals surface area contributed by atoms with Crippen molar-refractivity contribution in [2.45, 2.75) is 11.6 Å². The van der Waals surface area contributed by atoms with Gasteiger partial charge in [0, 0.05) is 24.0 Å². The molecule has 2 N–H and O–H groups in total. The lowest BCUT2D eigenvalue weighted by Crippen LogP contribution is -2.28. The zero-order valence-electron chi connectivity index (χ0n) is 10.4. The van der Waals surface area contributed by atoms with E-state index in [-0.39, 0.29) is 17.4 Å². The van der Waals surface area contributed by atoms with E-state index in [0.717, 1.165) is 0 Å². The van der Waals surface area contributed by atoms with Crippen molar-refractivity contribution in [2.24, 2.45) is 0 Å². The molecule has 0 saturated carbocycles. The minimum absolute atomic E-state index is 0.00600. The summed E-state index contributed by atoms with van der Waals surface area (Å²) in [6.07, 6.45) is 1.65. The van der Waals surface area contributed by atoms with Crippen LogP contribution >= 0.6 is 22.7 Å². The molecule has 0 amide bonds. The Kier molecular flexibility index (Phi) is 3.24. The number of aromatic nitrogens is 3. The van der Waals surface area contributed by atoms with Crippen LogP contribution in [0.1, 0.15) is 5.69 Å². The van der Waals surface area contributed by atoms with Crippen molar-refractivity contribution in [2.75, 3.05) is 12.8 Å². The number of nitrogens with two attached hydrogens (primary N) is 1. The van der Waals surface area contributed by atoms with Crippen molar-refractivity contribution in [3.8, 4) is 0 Å². The minimum Gasteiger partial charge on any atom is -0.381 e. The van der Waals surface area contributed by atoms with Gasteiger partial charge >= 0.3 is 0 Å². The van der Waals surface area contributed by atoms with Gasteiger partial charge in [-0.3, -0.25) is 4.40 Å². The SMILES string of the molecule is CN(Cc1cscn1)S(=O)(=O)c1c(N)nc2sccn12. The van der Waals surface area contributed by atoms with Crippen LogP contribution in [0.15, 0.2) is 27.5 Å². The Morgan fingerprint density at radius 3 is 3.00 bits per heavy atom. The van der Waals surface area contributed by atoms with Gasteiger partial charge in [-0.05, 0) is 0 Å². The quantitative estimate of drug-likeness (QED) is 0.777. The summed E-state index contributed by atoms with van der Waals surface area (Å²) >= 11 is 2.76. The third-order valence-corrected chi connectivity index (χ3v) is 6.00. The number of fused-ring (bicyclic) bond motifs is 1. The number of thiazole rings is 2. The number of nitrogen functional groups attached to an aromatic ring is 1. The van der Waals surface area contributed by atoms with E-state index in [9.17, 15) is 8.42 Å². The van der Waals surface area contributed by atoms with Crippen molar-refractivity contribution in [3.05, 3.63) is 28.2 Å². The zero-order chi connectivity index (χ0) is 14.3. The summed E-state index contributed by atoms with van der Waals surface area (Å²) in [4.78, 5) is 8.70. The van der Waals surface area contributed by atoms with Crippen LogP contribution in [0.5, 0.6) is 0 Å². The van der Waals surface area contributed by atoms with Crippen LogP contribution in [-0.4, -0.2) is 34.1 Å². The predicted octanol–water partition coefficient (Wildman–Crippen LogP) is 1.26. The molecule has 3 rings (SSSR count). The first-order chi connectivity index (χ1) is 9.50. The molecule has 0 spiro atoms. The average molecular weight is 329 g/mol. The fourth-order valence-corrected chi connectivity index (χ4v) is 4.45. The smallest absolute Gasteiger partial charge is 0.263 e. The second-order valence-electron chi connectivity index (χ2n) is 4.10. The van der Waals surface area contributed by atoms with Crippen molar-refractivity contribution in [3.63, 3.8) is 0 Å². The molecule has 0 unspecified atom stereocenters. The average Bonchev–Trinajstić information content (AvgIpc) is 3.05. The minimum atomic E-state index is -3.72. The van der Waals surface area contributed by atoms with E-state index in [4.69, 9.17) is 5.73 Å². The number of anilines is 1. The van der Waals surface area contributed by atoms with Crippen LogP contribution in [0.25, 0.3) is 4.96 Å². The van der Waals surface area contributed by atoms with Crippen LogP contribution in [0, 0.1) is 0 Å². The first-order valence-corrected chi connectivity index (χ1v) is 8.81. The molecule has 106 valence electrons. The van der Waals surface area contributed by atoms with Crippen LogP contribution in [0.4, 0.5) is 5.82 Å². The van der Waals surface area contributed by atoms with Gasteiger partial charge in [0.25, 0.3) is 10.0 Å². The Labute approximate surface area is 123 Å². The molecule has 20 heavy (non-hydrogen) atoms. The standard InChI is InChI=1S/C10H11N5O2S3/c1-14(4-7-5-18-6-12-7)20(16,17)9-8(11)13-10-15(9)2-3-19-10/h2-3,5-6H,4,11H2,1H3. The van der Waals surface area contributed by atoms with Gasteiger partial charge in [0.05, 0.1) is 17.7 Å². The number of nitrogens with zero attached hydrogens (tertiary/aromatic N) is 4. The molecule has 0 atom stereocenters. The predicted molar refractivity (Wildman–Crippen MR) is 78.2 cm³/mol. The molecule has 0 fully saturated rings. The molecule has 0 aliphatic rings. The van der Waals surface area contributed by atoms with Gasteiger partial charge in [-0.25, -0.2) is 18.4 Å². The van der Waals surface area contributed by atoms with Crippen LogP contribution < -0.4 is 5.73 Å². The molecule has 3 aromatic heterocycles. The molecule has 0 aliphatic carbocycles. The van der Waals surface area contributed by atoms with Crippen LogP contribution in [-0.2, 0) is 16.6 Å². The molecule has 7 nitrogen and oxygen atoms in total. The maximum atomic E-state index is 12.6. The van der Waals surface area contributed by atoms with Gasteiger partial charge in [-0.1, -0.05) is 0 Å². The summed E-state index contributed by atoms with van der Waals surface area (Å²) in [7, 11) is -2.22. The lowest BCUT2D eigenvalue weighted by atomic mass is 10.5. The van der Waals surface area contributed by atoms with E-state index in [1.54, 1.807) is 17.1 Å². The molecular formula is C10H11N5O2S3. The van der Waals surface area contributed by atoms with Crippen LogP contribution in [0.2, 0.25) is 0 Å². The maximum Gasteiger partial charge on any atom is 0.263 e. The molecule has 0 aromatic carbocycles. The van der Waals surface area contributed by atoms with Crippen molar-refractivity contribution in [1.29, 1.82) is 0 Å². The van der Waals surface area contributed by atoms with Gasteiger partial charge in [-0.2, -0.15) is 4.31 Å². The lowest BCUT2D eigenvalue weighted by molar-refractivity contribution is 0.460. The second kappa shape index (κ2) is 4.81. The molecule has 0 saturated heterocycles. The van der Waals surface area contributed by atoms with Gasteiger partial charge < -0.3 is 5.73 Å². The van der Waals surface area contributed by atoms with E-state index >= 15 is 0 Å². The van der Waals surface area contributed by atoms with Gasteiger partial charge in [-0.15, -0.1) is 22.7 Å². The molecule has 3 heterocycles. The molecule has 10 heteroatoms. The van der Waals surface area contributed by atoms with Gasteiger partial charge in [0.1, 0.15) is 0 Å². The fourth-order valence-electron chi connectivity index (χ4n) is 1.81. The van der Waals surface area contributed by atoms with E-state index in [1.807, 2.05) is 5.38 Å². The Hall–Kier alpha value is -1.49. The number of sulfonamides is 1. The third kappa shape index (κ3) is 2.10. The maximum absolute atomic E-state index is 12.6. The Bertz CT molecular complexity index is 834. The number of hydrogen-bond donors (Lipinski definition) is 1. The fraction of sp³-hybridized carbons (Fsp3) is 0.200. The van der Waals surface area contributed by atoms with E-state index in [2.05, 4.69) is 9.97 Å². The second-order valence-corrected chi connectivity index (χ2v) is 7.65. The molecule has 0 aliphatic heterocycles. The van der Waals surface area contributed by atoms with Crippen molar-refractivity contribution in [1.82, 2.24) is 18.7 Å². The van der Waals surface area contributed by atoms with Gasteiger partial charge in [0.2, 0.25) is 0 Å². The largest absolute Gasteiger partial charge is 0.381 e. The summed E-state index contributed by atoms with van der Waals surface area (Å²) in [5.74, 6) is 0.0157. The molecule has 0 radical (unpaired) electrons. The van der Waals surface area contributed by atoms with Gasteiger partial charge in [0.15, 0.2) is 15.8 Å². The Morgan fingerprint density at radius 1 is 1.50 bits per heavy atom. The first kappa shape index (κ1) is 13.5. The summed E-state index contributed by atoms with van der Waals surface area (Å²) < 4.78 is 27.9. The van der Waals surface area contributed by atoms with Crippen LogP contribution in [0.3, 0.4) is 0 Å². The summed E-state index contributed by atoms with van der Waals surface area (Å²) in [5, 5.41) is 3.58. The Balaban J connectivity index is 2.02. The number of rotatable bonds is 4. The molecular weight excluding hydrogens is 318 g/mol. The summed E-state index contributed by atoms with van der Waals surface area (Å²) in [5.41, 5.74) is 8.12. The Morgan fingerprint density at radius 2 is 2.30 bits per heavy atom. The van der Waals surface area contributed by atoms with Crippen molar-refractivity contribution < 1.29 is 8.42 Å². The highest BCUT2D eigenvalue weighted by atomic mass is 32.2. The lowest BCUT2D eigenvalue weighted by Gasteiger charge is -2.15. The van der Waals surface area contributed by atoms with E-state index in [1.165, 1.54) is 38.4 Å². The van der Waals surface area contributed by atoms with E-state index in [0.29, 0.717) is 10.7 Å². The molecule has 0 bridgehead atoms. The number of hydrogen-bond acceptors (Lipinski definition) is 7. The summed E-state index contributed by atoms with van der Waals surface area (Å²) in [6, 6.07) is 0. The highest BCUT2D eigenvalue weighted by Gasteiger charge is 2.29. The molecule has 3 aromatic rings. The van der Waals surface area contributed by atoms with E-state index < -0.39 is 10.0 Å². The number of imidazole rings is 1. The monoisotopic (exact) mass is 329 g/mol. The highest BCUT2D eigenvalue weighted by Crippen LogP contribution is 2.26.